The number of rotatable bonds is 12. The maximum absolute atomic E-state index is 12.8. The van der Waals surface area contributed by atoms with Gasteiger partial charge in [-0.1, -0.05) is 396 Å². The third kappa shape index (κ3) is 39.2. The van der Waals surface area contributed by atoms with Gasteiger partial charge < -0.3 is 0 Å². The first-order valence-electron chi connectivity index (χ1n) is 39.7. The van der Waals surface area contributed by atoms with Gasteiger partial charge in [0, 0.05) is 0 Å². The van der Waals surface area contributed by atoms with Gasteiger partial charge in [-0.15, -0.1) is 0 Å². The molecule has 3 saturated carbocycles. The second-order valence-corrected chi connectivity index (χ2v) is 33.1. The molecule has 3 fully saturated rings. The first-order valence-corrected chi connectivity index (χ1v) is 39.7. The van der Waals surface area contributed by atoms with E-state index in [9.17, 15) is 4.39 Å². The van der Waals surface area contributed by atoms with E-state index in [0.29, 0.717) is 41.4 Å². The van der Waals surface area contributed by atoms with Crippen molar-refractivity contribution in [2.24, 2.45) is 35.0 Å². The normalized spacial score (nSPS) is 12.9. The molecule has 558 valence electrons. The fourth-order valence-electron chi connectivity index (χ4n) is 11.5. The fourth-order valence-corrected chi connectivity index (χ4v) is 11.5. The molecule has 0 atom stereocenters. The topological polar surface area (TPSA) is 0 Å². The van der Waals surface area contributed by atoms with Crippen molar-refractivity contribution in [2.45, 2.75) is 286 Å². The Kier molecular flexibility index (Phi) is 43.8. The third-order valence-electron chi connectivity index (χ3n) is 19.9. The van der Waals surface area contributed by atoms with Crippen LogP contribution in [0.4, 0.5) is 4.39 Å². The lowest BCUT2D eigenvalue weighted by atomic mass is 9.95. The first-order chi connectivity index (χ1) is 48.1. The van der Waals surface area contributed by atoms with Crippen LogP contribution in [0.2, 0.25) is 0 Å². The Bertz CT molecular complexity index is 3320. The second kappa shape index (κ2) is 49.0. The van der Waals surface area contributed by atoms with Gasteiger partial charge in [-0.05, 0) is 227 Å². The number of aryl methyl sites for hydroxylation is 5. The SMILES string of the molecule is CC(C)C1(C)CC1.CC(C)C1CC1.CC(C)CC1CC1.CC(C)c1ccc2ccccc2c1.CC(C)c1ccccc1.CC(C)c1ccccc1F.Cc1ccc(C(C)C)cc1.Cc1ccc(C(C)C)cc1.Cc1ccccc1C(C)C.Cc1ccccc1C(C)C.Cc1ccccc1C(C)C. The average Bonchev–Trinajstić information content (AvgIpc) is 1.55. The van der Waals surface area contributed by atoms with Crippen molar-refractivity contribution in [1.29, 1.82) is 0 Å². The number of hydrogen-bond donors (Lipinski definition) is 0. The molecule has 0 aromatic heterocycles. The van der Waals surface area contributed by atoms with Crippen molar-refractivity contribution in [2.75, 3.05) is 0 Å². The van der Waals surface area contributed by atoms with Gasteiger partial charge in [0.15, 0.2) is 0 Å². The number of fused-ring (bicyclic) bond motifs is 1. The van der Waals surface area contributed by atoms with Crippen LogP contribution in [0.1, 0.15) is 324 Å². The van der Waals surface area contributed by atoms with E-state index in [1.165, 1.54) is 129 Å². The van der Waals surface area contributed by atoms with Crippen LogP contribution in [-0.4, -0.2) is 0 Å². The monoisotopic (exact) mass is 1380 g/mol. The van der Waals surface area contributed by atoms with Crippen molar-refractivity contribution in [3.05, 3.63) is 297 Å². The lowest BCUT2D eigenvalue weighted by Crippen LogP contribution is -2.01. The van der Waals surface area contributed by atoms with Gasteiger partial charge >= 0.3 is 0 Å². The van der Waals surface area contributed by atoms with E-state index < -0.39 is 0 Å². The summed E-state index contributed by atoms with van der Waals surface area (Å²) in [6.45, 7) is 62.0. The summed E-state index contributed by atoms with van der Waals surface area (Å²) in [6.07, 6.45) is 10.4. The lowest BCUT2D eigenvalue weighted by molar-refractivity contribution is 0.397. The molecular formula is C101H147F. The van der Waals surface area contributed by atoms with Crippen LogP contribution in [0, 0.1) is 75.4 Å². The molecule has 0 nitrogen and oxygen atoms in total. The highest BCUT2D eigenvalue weighted by Crippen LogP contribution is 2.51. The van der Waals surface area contributed by atoms with E-state index in [2.05, 4.69) is 368 Å². The zero-order chi connectivity index (χ0) is 76.6. The van der Waals surface area contributed by atoms with Crippen molar-refractivity contribution in [3.8, 4) is 0 Å². The Morgan fingerprint density at radius 2 is 0.627 bits per heavy atom. The maximum atomic E-state index is 12.8. The molecule has 1 heteroatoms. The van der Waals surface area contributed by atoms with Gasteiger partial charge in [-0.25, -0.2) is 4.39 Å². The van der Waals surface area contributed by atoms with E-state index in [0.717, 1.165) is 40.6 Å². The minimum absolute atomic E-state index is 0.0995. The summed E-state index contributed by atoms with van der Waals surface area (Å²) in [4.78, 5) is 0. The first kappa shape index (κ1) is 91.3. The molecule has 0 radical (unpaired) electrons. The van der Waals surface area contributed by atoms with Crippen LogP contribution in [0.15, 0.2) is 218 Å². The third-order valence-corrected chi connectivity index (χ3v) is 19.9. The predicted molar refractivity (Wildman–Crippen MR) is 457 cm³/mol. The average molecular weight is 1380 g/mol. The summed E-state index contributed by atoms with van der Waals surface area (Å²) in [7, 11) is 0. The van der Waals surface area contributed by atoms with Crippen LogP contribution < -0.4 is 0 Å². The van der Waals surface area contributed by atoms with E-state index in [4.69, 9.17) is 0 Å². The van der Waals surface area contributed by atoms with E-state index >= 15 is 0 Å². The van der Waals surface area contributed by atoms with Gasteiger partial charge in [0.25, 0.3) is 0 Å². The van der Waals surface area contributed by atoms with Gasteiger partial charge in [0.1, 0.15) is 5.82 Å². The molecule has 102 heavy (non-hydrogen) atoms. The second-order valence-electron chi connectivity index (χ2n) is 33.1. The van der Waals surface area contributed by atoms with Gasteiger partial charge in [-0.2, -0.15) is 0 Å². The minimum Gasteiger partial charge on any atom is -0.207 e. The Labute approximate surface area is 629 Å². The zero-order valence-corrected chi connectivity index (χ0v) is 70.1. The maximum Gasteiger partial charge on any atom is 0.126 e. The summed E-state index contributed by atoms with van der Waals surface area (Å²) < 4.78 is 12.8. The molecule has 3 aliphatic rings. The van der Waals surface area contributed by atoms with Crippen LogP contribution in [-0.2, 0) is 0 Å². The Morgan fingerprint density at radius 1 is 0.314 bits per heavy atom. The highest BCUT2D eigenvalue weighted by Gasteiger charge is 2.39. The van der Waals surface area contributed by atoms with Gasteiger partial charge in [0.05, 0.1) is 0 Å². The highest BCUT2D eigenvalue weighted by atomic mass is 19.1. The molecule has 0 unspecified atom stereocenters. The number of halogens is 1. The predicted octanol–water partition coefficient (Wildman–Crippen LogP) is 32.3. The Balaban J connectivity index is 0.000000383. The van der Waals surface area contributed by atoms with Crippen LogP contribution in [0.5, 0.6) is 0 Å². The molecule has 0 N–H and O–H groups in total. The van der Waals surface area contributed by atoms with E-state index in [1.54, 1.807) is 6.07 Å². The molecule has 9 aromatic rings. The molecule has 0 amide bonds. The quantitative estimate of drug-likeness (QED) is 0.114. The molecule has 9 aromatic carbocycles. The molecule has 0 saturated heterocycles. The number of benzene rings is 9. The van der Waals surface area contributed by atoms with E-state index in [-0.39, 0.29) is 11.7 Å². The minimum atomic E-state index is -0.0995. The van der Waals surface area contributed by atoms with Crippen LogP contribution in [0.25, 0.3) is 10.8 Å². The van der Waals surface area contributed by atoms with E-state index in [1.807, 2.05) is 32.0 Å². The highest BCUT2D eigenvalue weighted by molar-refractivity contribution is 5.83. The van der Waals surface area contributed by atoms with Crippen molar-refractivity contribution in [1.82, 2.24) is 0 Å². The zero-order valence-electron chi connectivity index (χ0n) is 70.1. The molecule has 0 bridgehead atoms. The summed E-state index contributed by atoms with van der Waals surface area (Å²) in [5.41, 5.74) is 18.5. The van der Waals surface area contributed by atoms with Crippen LogP contribution in [0.3, 0.4) is 0 Å². The Morgan fingerprint density at radius 3 is 0.863 bits per heavy atom. The summed E-state index contributed by atoms with van der Waals surface area (Å²) in [6, 6.07) is 75.6. The number of hydrogen-bond acceptors (Lipinski definition) is 0. The fraction of sp³-hybridized carbons (Fsp3) is 0.485. The van der Waals surface area contributed by atoms with Gasteiger partial charge in [-0.3, -0.25) is 0 Å². The molecular weight excluding hydrogens is 1230 g/mol. The molecule has 0 aliphatic heterocycles. The van der Waals surface area contributed by atoms with Crippen LogP contribution >= 0.6 is 0 Å². The smallest absolute Gasteiger partial charge is 0.126 e. The molecule has 3 aliphatic carbocycles. The summed E-state index contributed by atoms with van der Waals surface area (Å²) >= 11 is 0. The lowest BCUT2D eigenvalue weighted by Gasteiger charge is -2.10. The van der Waals surface area contributed by atoms with Gasteiger partial charge in [0.2, 0.25) is 0 Å². The largest absolute Gasteiger partial charge is 0.207 e. The standard InChI is InChI=1S/C13H14.5C10H14.C9H11F.C9H12.2C7H14.C6H12/c1-10(2)12-8-7-11-5-3-4-6-13(11)9-12;2*1-8(2)10-6-4-9(3)5-7-10;3*1-8(2)10-7-5-4-6-9(10)3;1-7(2)8-5-3-4-6-9(8)10;1-8(2)9-6-4-3-5-7-9;1-6(2)7(3)4-5-7;1-6(2)5-7-3-4-7;1-5(2)6-3-4-6/h3-10H,1-2H3;5*4-8H,1-3H3;3-7H,1-2H3;3-8H,1-2H3;6H,4-5H2,1-3H3;6-7H,3-5H2,1-2H3;5-6H,3-4H2,1-2H3. The van der Waals surface area contributed by atoms with Crippen molar-refractivity contribution in [3.63, 3.8) is 0 Å². The molecule has 0 spiro atoms. The molecule has 12 rings (SSSR count). The molecule has 0 heterocycles. The summed E-state index contributed by atoms with van der Waals surface area (Å²) in [5, 5.41) is 2.67. The Hall–Kier alpha value is -6.83. The van der Waals surface area contributed by atoms with Crippen molar-refractivity contribution >= 4 is 10.8 Å². The van der Waals surface area contributed by atoms with Crippen molar-refractivity contribution < 1.29 is 4.39 Å². The summed E-state index contributed by atoms with van der Waals surface area (Å²) in [5.74, 6) is 9.76.